The van der Waals surface area contributed by atoms with Crippen LogP contribution in [0.1, 0.15) is 22.9 Å². The molecule has 1 atom stereocenters. The number of hydrogen-bond acceptors (Lipinski definition) is 3. The minimum Gasteiger partial charge on any atom is -0.344 e. The molecule has 1 aliphatic rings. The van der Waals surface area contributed by atoms with Crippen molar-refractivity contribution in [1.82, 2.24) is 14.5 Å². The van der Waals surface area contributed by atoms with Crippen LogP contribution in [0.25, 0.3) is 76.5 Å². The molecule has 12 rings (SSSR count). The van der Waals surface area contributed by atoms with E-state index in [4.69, 9.17) is 9.98 Å². The average Bonchev–Trinajstić information content (AvgIpc) is 3.83. The van der Waals surface area contributed by atoms with Gasteiger partial charge in [-0.1, -0.05) is 127 Å². The first-order valence-electron chi connectivity index (χ1n) is 19.8. The van der Waals surface area contributed by atoms with Crippen LogP contribution in [0.4, 0.5) is 0 Å². The SMILES string of the molecule is c1ccc(C2N=C(c3ccc(-n4c5ccc6ccccc6c5c5c6ccccc6ccc54)cc3)N=C(c3ccc4c(c3)c3ccccc3n4-c3ccccc3)N2)cc1. The zero-order chi connectivity index (χ0) is 38.2. The van der Waals surface area contributed by atoms with E-state index >= 15 is 0 Å². The molecule has 0 saturated carbocycles. The summed E-state index contributed by atoms with van der Waals surface area (Å²) in [4.78, 5) is 10.5. The predicted octanol–water partition coefficient (Wildman–Crippen LogP) is 12.7. The van der Waals surface area contributed by atoms with E-state index in [9.17, 15) is 0 Å². The zero-order valence-corrected chi connectivity index (χ0v) is 31.4. The van der Waals surface area contributed by atoms with Gasteiger partial charge in [-0.15, -0.1) is 0 Å². The van der Waals surface area contributed by atoms with Crippen LogP contribution in [0.2, 0.25) is 0 Å². The Hall–Kier alpha value is -7.76. The van der Waals surface area contributed by atoms with Gasteiger partial charge >= 0.3 is 0 Å². The lowest BCUT2D eigenvalue weighted by atomic mass is 10.00. The molecule has 2 aromatic heterocycles. The fourth-order valence-electron chi connectivity index (χ4n) is 9.09. The average molecular weight is 742 g/mol. The molecule has 58 heavy (non-hydrogen) atoms. The van der Waals surface area contributed by atoms with Crippen LogP contribution in [0.15, 0.2) is 210 Å². The Labute approximate surface area is 334 Å². The molecule has 5 heteroatoms. The quantitative estimate of drug-likeness (QED) is 0.188. The first-order chi connectivity index (χ1) is 28.8. The van der Waals surface area contributed by atoms with E-state index in [2.05, 4.69) is 209 Å². The standard InChI is InChI=1S/C53H35N5/c1-3-15-36(16-4-1)51-54-52(56-53(55-51)38-27-30-46-44(33-38)43-21-11-12-22-45(43)57(46)39-17-5-2-6-18-39)37-23-28-40(29-24-37)58-47-31-25-34-13-7-9-19-41(34)49(47)50-42-20-10-8-14-35(42)26-32-48(50)58/h1-33,51H,(H,54,55,56). The van der Waals surface area contributed by atoms with E-state index in [-0.39, 0.29) is 6.17 Å². The number of amidine groups is 2. The van der Waals surface area contributed by atoms with Gasteiger partial charge < -0.3 is 14.5 Å². The van der Waals surface area contributed by atoms with Crippen molar-refractivity contribution in [3.63, 3.8) is 0 Å². The molecular weight excluding hydrogens is 707 g/mol. The minimum absolute atomic E-state index is 0.302. The normalized spacial score (nSPS) is 14.4. The van der Waals surface area contributed by atoms with E-state index in [1.807, 2.05) is 6.07 Å². The number of para-hydroxylation sites is 2. The fraction of sp³-hybridized carbons (Fsp3) is 0.0189. The number of hydrogen-bond donors (Lipinski definition) is 1. The maximum absolute atomic E-state index is 5.25. The van der Waals surface area contributed by atoms with Crippen molar-refractivity contribution in [3.8, 4) is 11.4 Å². The first-order valence-corrected chi connectivity index (χ1v) is 19.8. The van der Waals surface area contributed by atoms with Gasteiger partial charge in [0.1, 0.15) is 12.0 Å². The molecule has 3 heterocycles. The second kappa shape index (κ2) is 12.9. The van der Waals surface area contributed by atoms with Crippen LogP contribution in [0.3, 0.4) is 0 Å². The Bertz CT molecular complexity index is 3370. The van der Waals surface area contributed by atoms with Gasteiger partial charge in [-0.2, -0.15) is 0 Å². The van der Waals surface area contributed by atoms with Crippen LogP contribution < -0.4 is 5.32 Å². The lowest BCUT2D eigenvalue weighted by molar-refractivity contribution is 0.674. The maximum atomic E-state index is 5.25. The molecule has 1 N–H and O–H groups in total. The van der Waals surface area contributed by atoms with Gasteiger partial charge in [0.2, 0.25) is 0 Å². The van der Waals surface area contributed by atoms with E-state index < -0.39 is 0 Å². The molecule has 9 aromatic carbocycles. The van der Waals surface area contributed by atoms with Crippen molar-refractivity contribution < 1.29 is 0 Å². The van der Waals surface area contributed by atoms with Crippen molar-refractivity contribution in [2.24, 2.45) is 9.98 Å². The Morgan fingerprint density at radius 2 is 0.914 bits per heavy atom. The molecule has 1 unspecified atom stereocenters. The molecule has 11 aromatic rings. The summed E-state index contributed by atoms with van der Waals surface area (Å²) in [6.45, 7) is 0. The van der Waals surface area contributed by atoms with Crippen LogP contribution in [-0.2, 0) is 0 Å². The summed E-state index contributed by atoms with van der Waals surface area (Å²) in [6.07, 6.45) is -0.302. The van der Waals surface area contributed by atoms with Crippen LogP contribution in [0, 0.1) is 0 Å². The number of rotatable bonds is 5. The highest BCUT2D eigenvalue weighted by Gasteiger charge is 2.23. The van der Waals surface area contributed by atoms with Gasteiger partial charge in [0.25, 0.3) is 0 Å². The third-order valence-corrected chi connectivity index (χ3v) is 11.7. The number of aliphatic imine (C=N–C) groups is 2. The summed E-state index contributed by atoms with van der Waals surface area (Å²) in [5.41, 5.74) is 9.98. The van der Waals surface area contributed by atoms with E-state index in [1.165, 1.54) is 59.6 Å². The number of aromatic nitrogens is 2. The molecule has 0 spiro atoms. The Morgan fingerprint density at radius 1 is 0.397 bits per heavy atom. The summed E-state index contributed by atoms with van der Waals surface area (Å²) >= 11 is 0. The maximum Gasteiger partial charge on any atom is 0.159 e. The highest BCUT2D eigenvalue weighted by atomic mass is 15.2. The second-order valence-corrected chi connectivity index (χ2v) is 15.0. The Balaban J connectivity index is 1.00. The van der Waals surface area contributed by atoms with Crippen molar-refractivity contribution in [3.05, 3.63) is 217 Å². The number of nitrogens with zero attached hydrogens (tertiary/aromatic N) is 4. The smallest absolute Gasteiger partial charge is 0.159 e. The van der Waals surface area contributed by atoms with Gasteiger partial charge in [0.15, 0.2) is 5.84 Å². The summed E-state index contributed by atoms with van der Waals surface area (Å²) in [6, 6.07) is 71.5. The van der Waals surface area contributed by atoms with Crippen LogP contribution in [-0.4, -0.2) is 20.8 Å². The largest absolute Gasteiger partial charge is 0.344 e. The van der Waals surface area contributed by atoms with Crippen molar-refractivity contribution in [2.75, 3.05) is 0 Å². The van der Waals surface area contributed by atoms with Gasteiger partial charge in [0, 0.05) is 44.0 Å². The molecular formula is C53H35N5. The fourth-order valence-corrected chi connectivity index (χ4v) is 9.09. The third kappa shape index (κ3) is 5.03. The van der Waals surface area contributed by atoms with Crippen molar-refractivity contribution in [2.45, 2.75) is 6.17 Å². The summed E-state index contributed by atoms with van der Waals surface area (Å²) < 4.78 is 4.74. The molecule has 5 nitrogen and oxygen atoms in total. The van der Waals surface area contributed by atoms with Gasteiger partial charge in [-0.25, -0.2) is 9.98 Å². The number of fused-ring (bicyclic) bond motifs is 10. The predicted molar refractivity (Wildman–Crippen MR) is 242 cm³/mol. The van der Waals surface area contributed by atoms with Crippen LogP contribution >= 0.6 is 0 Å². The monoisotopic (exact) mass is 741 g/mol. The minimum atomic E-state index is -0.302. The third-order valence-electron chi connectivity index (χ3n) is 11.7. The molecule has 0 saturated heterocycles. The van der Waals surface area contributed by atoms with Gasteiger partial charge in [0.05, 0.1) is 22.1 Å². The molecule has 0 fully saturated rings. The lowest BCUT2D eigenvalue weighted by Crippen LogP contribution is -2.33. The van der Waals surface area contributed by atoms with Gasteiger partial charge in [-0.05, 0) is 99.9 Å². The van der Waals surface area contributed by atoms with E-state index in [1.54, 1.807) is 0 Å². The zero-order valence-electron chi connectivity index (χ0n) is 31.4. The number of benzene rings is 9. The molecule has 272 valence electrons. The van der Waals surface area contributed by atoms with E-state index in [0.717, 1.165) is 39.4 Å². The molecule has 0 amide bonds. The van der Waals surface area contributed by atoms with E-state index in [0.29, 0.717) is 5.84 Å². The second-order valence-electron chi connectivity index (χ2n) is 15.0. The summed E-state index contributed by atoms with van der Waals surface area (Å²) in [7, 11) is 0. The van der Waals surface area contributed by atoms with Crippen molar-refractivity contribution in [1.29, 1.82) is 0 Å². The molecule has 0 aliphatic carbocycles. The van der Waals surface area contributed by atoms with Crippen molar-refractivity contribution >= 4 is 76.8 Å². The molecule has 0 bridgehead atoms. The summed E-state index contributed by atoms with van der Waals surface area (Å²) in [5.74, 6) is 1.49. The summed E-state index contributed by atoms with van der Waals surface area (Å²) in [5, 5.41) is 13.6. The Kier molecular flexibility index (Phi) is 7.23. The topological polar surface area (TPSA) is 46.6 Å². The highest BCUT2D eigenvalue weighted by Crippen LogP contribution is 2.41. The Morgan fingerprint density at radius 3 is 1.60 bits per heavy atom. The highest BCUT2D eigenvalue weighted by molar-refractivity contribution is 6.28. The molecule has 0 radical (unpaired) electrons. The lowest BCUT2D eigenvalue weighted by Gasteiger charge is -2.24. The van der Waals surface area contributed by atoms with Gasteiger partial charge in [-0.3, -0.25) is 0 Å². The number of nitrogens with one attached hydrogen (secondary N) is 1. The first kappa shape index (κ1) is 32.5. The molecule has 1 aliphatic heterocycles. The van der Waals surface area contributed by atoms with Crippen LogP contribution in [0.5, 0.6) is 0 Å².